The minimum Gasteiger partial charge on any atom is -0.494 e. The summed E-state index contributed by atoms with van der Waals surface area (Å²) < 4.78 is 25.2. The molecule has 1 aromatic carbocycles. The van der Waals surface area contributed by atoms with E-state index in [0.717, 1.165) is 0 Å². The van der Waals surface area contributed by atoms with Crippen molar-refractivity contribution in [2.24, 2.45) is 0 Å². The fourth-order valence-electron chi connectivity index (χ4n) is 2.27. The Kier molecular flexibility index (Phi) is 4.67. The minimum absolute atomic E-state index is 0.0955. The van der Waals surface area contributed by atoms with Crippen LogP contribution >= 0.6 is 11.6 Å². The first-order valence-electron chi connectivity index (χ1n) is 6.41. The zero-order valence-corrected chi connectivity index (χ0v) is 12.8. The summed E-state index contributed by atoms with van der Waals surface area (Å²) in [7, 11) is 2.70. The van der Waals surface area contributed by atoms with Crippen molar-refractivity contribution < 1.29 is 18.7 Å². The lowest BCUT2D eigenvalue weighted by atomic mass is 10.2. The van der Waals surface area contributed by atoms with Crippen LogP contribution in [0.3, 0.4) is 0 Å². The van der Waals surface area contributed by atoms with E-state index >= 15 is 0 Å². The predicted octanol–water partition coefficient (Wildman–Crippen LogP) is 2.70. The highest BCUT2D eigenvalue weighted by atomic mass is 35.5. The largest absolute Gasteiger partial charge is 0.494 e. The SMILES string of the molecule is COC(=O)C(C)n1c(CCCl)nc2cc(F)c(OC)cc21. The third-order valence-corrected chi connectivity index (χ3v) is 3.47. The van der Waals surface area contributed by atoms with Crippen molar-refractivity contribution in [3.05, 3.63) is 23.8 Å². The molecule has 7 heteroatoms. The average molecular weight is 315 g/mol. The fraction of sp³-hybridized carbons (Fsp3) is 0.429. The Morgan fingerprint density at radius 1 is 1.48 bits per heavy atom. The number of ether oxygens (including phenoxy) is 2. The Balaban J connectivity index is 2.68. The molecule has 0 aliphatic carbocycles. The van der Waals surface area contributed by atoms with Gasteiger partial charge in [-0.1, -0.05) is 0 Å². The van der Waals surface area contributed by atoms with Crippen LogP contribution in [0.25, 0.3) is 11.0 Å². The number of alkyl halides is 1. The van der Waals surface area contributed by atoms with E-state index in [1.807, 2.05) is 0 Å². The number of benzene rings is 1. The number of fused-ring (bicyclic) bond motifs is 1. The molecule has 0 amide bonds. The predicted molar refractivity (Wildman–Crippen MR) is 77.4 cm³/mol. The maximum absolute atomic E-state index is 13.8. The van der Waals surface area contributed by atoms with Crippen LogP contribution in [0.4, 0.5) is 4.39 Å². The van der Waals surface area contributed by atoms with Gasteiger partial charge in [-0.25, -0.2) is 14.2 Å². The second kappa shape index (κ2) is 6.30. The van der Waals surface area contributed by atoms with Crippen LogP contribution in [-0.2, 0) is 16.0 Å². The van der Waals surface area contributed by atoms with Gasteiger partial charge >= 0.3 is 5.97 Å². The molecule has 0 spiro atoms. The van der Waals surface area contributed by atoms with E-state index in [0.29, 0.717) is 29.2 Å². The number of hydrogen-bond acceptors (Lipinski definition) is 4. The molecule has 1 aromatic heterocycles. The van der Waals surface area contributed by atoms with Crippen molar-refractivity contribution in [3.63, 3.8) is 0 Å². The van der Waals surface area contributed by atoms with E-state index in [9.17, 15) is 9.18 Å². The fourth-order valence-corrected chi connectivity index (χ4v) is 2.44. The van der Waals surface area contributed by atoms with E-state index in [-0.39, 0.29) is 5.75 Å². The lowest BCUT2D eigenvalue weighted by Gasteiger charge is -2.15. The number of imidazole rings is 1. The van der Waals surface area contributed by atoms with Gasteiger partial charge in [-0.3, -0.25) is 0 Å². The number of nitrogens with zero attached hydrogens (tertiary/aromatic N) is 2. The number of aryl methyl sites for hydroxylation is 1. The zero-order chi connectivity index (χ0) is 15.6. The number of carbonyl (C=O) groups excluding carboxylic acids is 1. The van der Waals surface area contributed by atoms with Gasteiger partial charge in [0.15, 0.2) is 11.6 Å². The number of rotatable bonds is 5. The molecule has 114 valence electrons. The van der Waals surface area contributed by atoms with Crippen molar-refractivity contribution in [1.82, 2.24) is 9.55 Å². The van der Waals surface area contributed by atoms with Gasteiger partial charge in [0.25, 0.3) is 0 Å². The molecule has 0 aliphatic heterocycles. The summed E-state index contributed by atoms with van der Waals surface area (Å²) in [5.74, 6) is 0.131. The molecule has 1 unspecified atom stereocenters. The van der Waals surface area contributed by atoms with E-state index < -0.39 is 17.8 Å². The van der Waals surface area contributed by atoms with Crippen LogP contribution < -0.4 is 4.74 Å². The molecular formula is C14H16ClFN2O3. The van der Waals surface area contributed by atoms with Gasteiger partial charge < -0.3 is 14.0 Å². The molecule has 0 bridgehead atoms. The van der Waals surface area contributed by atoms with Crippen molar-refractivity contribution in [1.29, 1.82) is 0 Å². The van der Waals surface area contributed by atoms with Crippen LogP contribution in [0.5, 0.6) is 5.75 Å². The number of esters is 1. The molecule has 0 saturated carbocycles. The summed E-state index contributed by atoms with van der Waals surface area (Å²) in [4.78, 5) is 16.2. The molecule has 5 nitrogen and oxygen atoms in total. The van der Waals surface area contributed by atoms with Crippen LogP contribution in [-0.4, -0.2) is 35.6 Å². The van der Waals surface area contributed by atoms with Gasteiger partial charge in [0.2, 0.25) is 0 Å². The van der Waals surface area contributed by atoms with Gasteiger partial charge in [0.1, 0.15) is 11.9 Å². The zero-order valence-electron chi connectivity index (χ0n) is 12.0. The molecule has 0 radical (unpaired) electrons. The Morgan fingerprint density at radius 3 is 2.76 bits per heavy atom. The maximum atomic E-state index is 13.8. The van der Waals surface area contributed by atoms with Gasteiger partial charge in [-0.05, 0) is 6.92 Å². The van der Waals surface area contributed by atoms with Gasteiger partial charge in [0, 0.05) is 24.4 Å². The summed E-state index contributed by atoms with van der Waals surface area (Å²) in [6, 6.07) is 2.22. The Hall–Kier alpha value is -1.82. The quantitative estimate of drug-likeness (QED) is 0.629. The Labute approximate surface area is 126 Å². The topological polar surface area (TPSA) is 53.4 Å². The molecule has 1 atom stereocenters. The normalized spacial score (nSPS) is 12.4. The first-order chi connectivity index (χ1) is 10.0. The molecule has 2 rings (SSSR count). The highest BCUT2D eigenvalue weighted by molar-refractivity contribution is 6.17. The molecule has 2 aromatic rings. The number of methoxy groups -OCH3 is 2. The number of aromatic nitrogens is 2. The smallest absolute Gasteiger partial charge is 0.328 e. The maximum Gasteiger partial charge on any atom is 0.328 e. The Morgan fingerprint density at radius 2 is 2.19 bits per heavy atom. The third kappa shape index (κ3) is 2.81. The minimum atomic E-state index is -0.589. The third-order valence-electron chi connectivity index (χ3n) is 3.28. The van der Waals surface area contributed by atoms with Crippen LogP contribution in [0.1, 0.15) is 18.8 Å². The first-order valence-corrected chi connectivity index (χ1v) is 6.95. The summed E-state index contributed by atoms with van der Waals surface area (Å²) >= 11 is 5.78. The second-order valence-electron chi connectivity index (χ2n) is 4.51. The van der Waals surface area contributed by atoms with Crippen molar-refractivity contribution in [2.45, 2.75) is 19.4 Å². The van der Waals surface area contributed by atoms with Gasteiger partial charge in [-0.2, -0.15) is 0 Å². The molecule has 0 saturated heterocycles. The second-order valence-corrected chi connectivity index (χ2v) is 4.89. The van der Waals surface area contributed by atoms with E-state index in [4.69, 9.17) is 21.1 Å². The summed E-state index contributed by atoms with van der Waals surface area (Å²) in [6.45, 7) is 1.69. The lowest BCUT2D eigenvalue weighted by Crippen LogP contribution is -2.20. The van der Waals surface area contributed by atoms with E-state index in [2.05, 4.69) is 4.98 Å². The summed E-state index contributed by atoms with van der Waals surface area (Å²) in [5, 5.41) is 0. The van der Waals surface area contributed by atoms with Crippen molar-refractivity contribution in [3.8, 4) is 5.75 Å². The molecule has 0 N–H and O–H groups in total. The monoisotopic (exact) mass is 314 g/mol. The van der Waals surface area contributed by atoms with Gasteiger partial charge in [0.05, 0.1) is 25.3 Å². The standard InChI is InChI=1S/C14H16ClFN2O3/c1-8(14(19)21-3)18-11-7-12(20-2)9(16)6-10(11)17-13(18)4-5-15/h6-8H,4-5H2,1-3H3. The number of halogens is 2. The summed E-state index contributed by atoms with van der Waals surface area (Å²) in [5.41, 5.74) is 1.05. The number of hydrogen-bond donors (Lipinski definition) is 0. The van der Waals surface area contributed by atoms with Crippen molar-refractivity contribution >= 4 is 28.6 Å². The number of carbonyl (C=O) groups is 1. The lowest BCUT2D eigenvalue weighted by molar-refractivity contribution is -0.143. The molecule has 1 heterocycles. The van der Waals surface area contributed by atoms with Crippen molar-refractivity contribution in [2.75, 3.05) is 20.1 Å². The highest BCUT2D eigenvalue weighted by Crippen LogP contribution is 2.28. The molecular weight excluding hydrogens is 299 g/mol. The highest BCUT2D eigenvalue weighted by Gasteiger charge is 2.23. The molecule has 0 aliphatic rings. The van der Waals surface area contributed by atoms with Crippen LogP contribution in [0.15, 0.2) is 12.1 Å². The Bertz CT molecular complexity index is 672. The molecule has 0 fully saturated rings. The van der Waals surface area contributed by atoms with E-state index in [1.165, 1.54) is 26.4 Å². The molecule has 21 heavy (non-hydrogen) atoms. The first kappa shape index (κ1) is 15.6. The van der Waals surface area contributed by atoms with Crippen LogP contribution in [0.2, 0.25) is 0 Å². The van der Waals surface area contributed by atoms with E-state index in [1.54, 1.807) is 11.5 Å². The summed E-state index contributed by atoms with van der Waals surface area (Å²) in [6.07, 6.45) is 0.460. The van der Waals surface area contributed by atoms with Crippen LogP contribution in [0, 0.1) is 5.82 Å². The average Bonchev–Trinajstić information content (AvgIpc) is 2.81. The van der Waals surface area contributed by atoms with Gasteiger partial charge in [-0.15, -0.1) is 11.6 Å².